The largest absolute Gasteiger partial charge is 0.381 e. The quantitative estimate of drug-likeness (QED) is 0.784. The minimum atomic E-state index is 0.815. The molecule has 1 aliphatic heterocycles. The van der Waals surface area contributed by atoms with Crippen molar-refractivity contribution in [3.05, 3.63) is 21.3 Å². The number of ether oxygens (including phenoxy) is 1. The van der Waals surface area contributed by atoms with Crippen molar-refractivity contribution in [1.29, 1.82) is 0 Å². The second-order valence-electron chi connectivity index (χ2n) is 5.20. The second kappa shape index (κ2) is 8.22. The Kier molecular flexibility index (Phi) is 6.61. The molecule has 0 aromatic carbocycles. The molecule has 3 nitrogen and oxygen atoms in total. The van der Waals surface area contributed by atoms with Crippen LogP contribution in [0, 0.1) is 5.92 Å². The van der Waals surface area contributed by atoms with Crippen LogP contribution in [0.3, 0.4) is 0 Å². The molecule has 0 amide bonds. The van der Waals surface area contributed by atoms with E-state index in [9.17, 15) is 0 Å². The Morgan fingerprint density at radius 2 is 2.21 bits per heavy atom. The summed E-state index contributed by atoms with van der Waals surface area (Å²) >= 11 is 7.55. The molecule has 1 aromatic rings. The van der Waals surface area contributed by atoms with E-state index >= 15 is 0 Å². The minimum absolute atomic E-state index is 0.815. The fourth-order valence-electron chi connectivity index (χ4n) is 2.39. The lowest BCUT2D eigenvalue weighted by Crippen LogP contribution is -2.34. The van der Waals surface area contributed by atoms with Crippen molar-refractivity contribution in [2.75, 3.05) is 39.9 Å². The van der Waals surface area contributed by atoms with Gasteiger partial charge >= 0.3 is 0 Å². The molecular weight excluding hydrogens is 280 g/mol. The first kappa shape index (κ1) is 15.3. The summed E-state index contributed by atoms with van der Waals surface area (Å²) in [5.41, 5.74) is 0. The Morgan fingerprint density at radius 1 is 1.42 bits per heavy atom. The number of likely N-dealkylation sites (N-methyl/N-ethyl adjacent to an activating group) is 1. The third-order valence-electron chi connectivity index (χ3n) is 3.51. The average molecular weight is 303 g/mol. The number of halogens is 1. The van der Waals surface area contributed by atoms with Crippen LogP contribution in [0.25, 0.3) is 0 Å². The molecule has 2 heterocycles. The Morgan fingerprint density at radius 3 is 2.89 bits per heavy atom. The van der Waals surface area contributed by atoms with Crippen LogP contribution in [0.1, 0.15) is 17.7 Å². The third kappa shape index (κ3) is 5.79. The highest BCUT2D eigenvalue weighted by atomic mass is 35.5. The molecule has 1 saturated heterocycles. The molecule has 0 unspecified atom stereocenters. The molecule has 0 saturated carbocycles. The van der Waals surface area contributed by atoms with Gasteiger partial charge in [0.1, 0.15) is 0 Å². The summed E-state index contributed by atoms with van der Waals surface area (Å²) < 4.78 is 6.26. The number of nitrogens with one attached hydrogen (secondary N) is 1. The number of rotatable bonds is 7. The summed E-state index contributed by atoms with van der Waals surface area (Å²) in [6, 6.07) is 4.05. The van der Waals surface area contributed by atoms with Crippen LogP contribution in [0.5, 0.6) is 0 Å². The van der Waals surface area contributed by atoms with Crippen LogP contribution in [0.2, 0.25) is 4.34 Å². The SMILES string of the molecule is CN(CCNCc1ccc(Cl)s1)CC1CCOCC1. The predicted molar refractivity (Wildman–Crippen MR) is 82.1 cm³/mol. The van der Waals surface area contributed by atoms with Gasteiger partial charge in [-0.3, -0.25) is 0 Å². The molecule has 1 aliphatic rings. The summed E-state index contributed by atoms with van der Waals surface area (Å²) in [5.74, 6) is 0.815. The van der Waals surface area contributed by atoms with E-state index in [4.69, 9.17) is 16.3 Å². The fraction of sp³-hybridized carbons (Fsp3) is 0.714. The molecule has 108 valence electrons. The van der Waals surface area contributed by atoms with Gasteiger partial charge in [0.2, 0.25) is 0 Å². The Labute approximate surface area is 124 Å². The summed E-state index contributed by atoms with van der Waals surface area (Å²) in [4.78, 5) is 3.72. The first-order chi connectivity index (χ1) is 9.24. The van der Waals surface area contributed by atoms with Gasteiger partial charge in [-0.1, -0.05) is 11.6 Å². The zero-order chi connectivity index (χ0) is 13.5. The molecule has 1 N–H and O–H groups in total. The van der Waals surface area contributed by atoms with Gasteiger partial charge in [-0.05, 0) is 37.9 Å². The molecule has 0 radical (unpaired) electrons. The van der Waals surface area contributed by atoms with Crippen molar-refractivity contribution < 1.29 is 4.74 Å². The summed E-state index contributed by atoms with van der Waals surface area (Å²) in [5, 5.41) is 3.47. The van der Waals surface area contributed by atoms with Crippen LogP contribution in [0.4, 0.5) is 0 Å². The molecule has 0 atom stereocenters. The van der Waals surface area contributed by atoms with E-state index in [1.165, 1.54) is 24.3 Å². The zero-order valence-corrected chi connectivity index (χ0v) is 13.1. The highest BCUT2D eigenvalue weighted by Gasteiger charge is 2.15. The predicted octanol–water partition coefficient (Wildman–Crippen LogP) is 2.85. The number of hydrogen-bond acceptors (Lipinski definition) is 4. The molecule has 1 aromatic heterocycles. The van der Waals surface area contributed by atoms with Crippen molar-refractivity contribution in [2.24, 2.45) is 5.92 Å². The van der Waals surface area contributed by atoms with Gasteiger partial charge in [-0.2, -0.15) is 0 Å². The third-order valence-corrected chi connectivity index (χ3v) is 4.74. The van der Waals surface area contributed by atoms with Gasteiger partial charge in [0.15, 0.2) is 0 Å². The number of thiophene rings is 1. The summed E-state index contributed by atoms with van der Waals surface area (Å²) in [6.45, 7) is 6.11. The standard InChI is InChI=1S/C14H23ClN2OS/c1-17(11-12-4-8-18-9-5-12)7-6-16-10-13-2-3-14(15)19-13/h2-3,12,16H,4-11H2,1H3. The van der Waals surface area contributed by atoms with Crippen LogP contribution >= 0.6 is 22.9 Å². The van der Waals surface area contributed by atoms with E-state index in [0.717, 1.165) is 43.1 Å². The lowest BCUT2D eigenvalue weighted by Gasteiger charge is -2.27. The van der Waals surface area contributed by atoms with Gasteiger partial charge in [0.25, 0.3) is 0 Å². The highest BCUT2D eigenvalue weighted by molar-refractivity contribution is 7.16. The van der Waals surface area contributed by atoms with Gasteiger partial charge < -0.3 is 15.0 Å². The highest BCUT2D eigenvalue weighted by Crippen LogP contribution is 2.20. The molecule has 1 fully saturated rings. The zero-order valence-electron chi connectivity index (χ0n) is 11.5. The van der Waals surface area contributed by atoms with Crippen molar-refractivity contribution in [3.8, 4) is 0 Å². The fourth-order valence-corrected chi connectivity index (χ4v) is 3.45. The van der Waals surface area contributed by atoms with Crippen molar-refractivity contribution >= 4 is 22.9 Å². The van der Waals surface area contributed by atoms with Crippen molar-refractivity contribution in [1.82, 2.24) is 10.2 Å². The first-order valence-electron chi connectivity index (χ1n) is 6.95. The maximum atomic E-state index is 5.90. The second-order valence-corrected chi connectivity index (χ2v) is 7.00. The molecular formula is C14H23ClN2OS. The maximum Gasteiger partial charge on any atom is 0.0931 e. The van der Waals surface area contributed by atoms with E-state index in [1.54, 1.807) is 11.3 Å². The topological polar surface area (TPSA) is 24.5 Å². The molecule has 2 rings (SSSR count). The normalized spacial score (nSPS) is 17.2. The molecule has 0 spiro atoms. The lowest BCUT2D eigenvalue weighted by atomic mass is 10.00. The van der Waals surface area contributed by atoms with Gasteiger partial charge in [0, 0.05) is 44.3 Å². The van der Waals surface area contributed by atoms with E-state index in [2.05, 4.69) is 23.3 Å². The van der Waals surface area contributed by atoms with Gasteiger partial charge in [-0.15, -0.1) is 11.3 Å². The maximum absolute atomic E-state index is 5.90. The average Bonchev–Trinajstić information content (AvgIpc) is 2.82. The Bertz CT molecular complexity index is 366. The molecule has 5 heteroatoms. The van der Waals surface area contributed by atoms with Gasteiger partial charge in [-0.25, -0.2) is 0 Å². The lowest BCUT2D eigenvalue weighted by molar-refractivity contribution is 0.0558. The van der Waals surface area contributed by atoms with Crippen molar-refractivity contribution in [2.45, 2.75) is 19.4 Å². The summed E-state index contributed by atoms with van der Waals surface area (Å²) in [7, 11) is 2.21. The van der Waals surface area contributed by atoms with E-state index in [0.29, 0.717) is 0 Å². The molecule has 0 bridgehead atoms. The molecule has 19 heavy (non-hydrogen) atoms. The van der Waals surface area contributed by atoms with E-state index < -0.39 is 0 Å². The Balaban J connectivity index is 1.54. The van der Waals surface area contributed by atoms with Crippen LogP contribution in [-0.2, 0) is 11.3 Å². The monoisotopic (exact) mass is 302 g/mol. The smallest absolute Gasteiger partial charge is 0.0931 e. The summed E-state index contributed by atoms with van der Waals surface area (Å²) in [6.07, 6.45) is 2.43. The van der Waals surface area contributed by atoms with E-state index in [-0.39, 0.29) is 0 Å². The number of hydrogen-bond donors (Lipinski definition) is 1. The molecule has 0 aliphatic carbocycles. The number of nitrogens with zero attached hydrogens (tertiary/aromatic N) is 1. The van der Waals surface area contributed by atoms with Crippen LogP contribution in [-0.4, -0.2) is 44.8 Å². The van der Waals surface area contributed by atoms with Crippen LogP contribution < -0.4 is 5.32 Å². The van der Waals surface area contributed by atoms with Crippen LogP contribution in [0.15, 0.2) is 12.1 Å². The van der Waals surface area contributed by atoms with Crippen molar-refractivity contribution in [3.63, 3.8) is 0 Å². The Hall–Kier alpha value is -0.130. The van der Waals surface area contributed by atoms with E-state index in [1.807, 2.05) is 6.07 Å². The van der Waals surface area contributed by atoms with Gasteiger partial charge in [0.05, 0.1) is 4.34 Å². The minimum Gasteiger partial charge on any atom is -0.381 e. The first-order valence-corrected chi connectivity index (χ1v) is 8.14.